The highest BCUT2D eigenvalue weighted by atomic mass is 16.5. The third-order valence-corrected chi connectivity index (χ3v) is 5.21. The smallest absolute Gasteiger partial charge is 0.325 e. The maximum Gasteiger partial charge on any atom is 0.325 e. The van der Waals surface area contributed by atoms with Crippen LogP contribution in [0.3, 0.4) is 0 Å². The molecule has 0 radical (unpaired) electrons. The maximum atomic E-state index is 13.2. The molecule has 2 aromatic rings. The molecule has 0 aromatic heterocycles. The minimum absolute atomic E-state index is 0.344. The minimum Gasteiger partial charge on any atom is -0.493 e. The van der Waals surface area contributed by atoms with Crippen LogP contribution in [0.5, 0.6) is 11.5 Å². The van der Waals surface area contributed by atoms with Crippen LogP contribution < -0.4 is 19.7 Å². The monoisotopic (exact) mass is 411 g/mol. The van der Waals surface area contributed by atoms with Crippen molar-refractivity contribution in [2.45, 2.75) is 19.4 Å². The summed E-state index contributed by atoms with van der Waals surface area (Å²) in [7, 11) is 3.01. The maximum absolute atomic E-state index is 13.2. The fourth-order valence-corrected chi connectivity index (χ4v) is 3.51. The fraction of sp³-hybridized carbons (Fsp3) is 0.318. The Morgan fingerprint density at radius 1 is 1.07 bits per heavy atom. The Hall–Kier alpha value is -3.55. The van der Waals surface area contributed by atoms with Gasteiger partial charge in [-0.15, -0.1) is 0 Å². The number of rotatable bonds is 7. The number of methoxy groups -OCH3 is 2. The van der Waals surface area contributed by atoms with Gasteiger partial charge in [0.05, 0.1) is 14.2 Å². The average molecular weight is 411 g/mol. The van der Waals surface area contributed by atoms with E-state index in [0.29, 0.717) is 29.3 Å². The first kappa shape index (κ1) is 21.2. The molecule has 1 aliphatic heterocycles. The Morgan fingerprint density at radius 3 is 2.33 bits per heavy atom. The number of nitrogens with one attached hydrogen (secondary N) is 1. The molecule has 158 valence electrons. The zero-order valence-corrected chi connectivity index (χ0v) is 17.5. The van der Waals surface area contributed by atoms with Gasteiger partial charge in [-0.25, -0.2) is 4.79 Å². The second-order valence-corrected chi connectivity index (χ2v) is 6.99. The molecule has 1 aliphatic rings. The predicted octanol–water partition coefficient (Wildman–Crippen LogP) is 2.52. The van der Waals surface area contributed by atoms with Crippen LogP contribution >= 0.6 is 0 Å². The van der Waals surface area contributed by atoms with Gasteiger partial charge >= 0.3 is 6.03 Å². The second-order valence-electron chi connectivity index (χ2n) is 6.99. The lowest BCUT2D eigenvalue weighted by Crippen LogP contribution is -2.44. The van der Waals surface area contributed by atoms with Gasteiger partial charge in [-0.05, 0) is 43.7 Å². The Bertz CT molecular complexity index is 963. The van der Waals surface area contributed by atoms with Crippen LogP contribution in [0.25, 0.3) is 0 Å². The molecule has 1 heterocycles. The second kappa shape index (κ2) is 8.44. The summed E-state index contributed by atoms with van der Waals surface area (Å²) in [6, 6.07) is 13.5. The van der Waals surface area contributed by atoms with Gasteiger partial charge in [-0.2, -0.15) is 0 Å². The molecule has 3 rings (SSSR count). The van der Waals surface area contributed by atoms with Gasteiger partial charge in [0.2, 0.25) is 5.91 Å². The third kappa shape index (κ3) is 3.68. The van der Waals surface area contributed by atoms with Crippen LogP contribution in [0.1, 0.15) is 19.4 Å². The van der Waals surface area contributed by atoms with E-state index in [0.717, 1.165) is 4.90 Å². The molecule has 0 spiro atoms. The van der Waals surface area contributed by atoms with Gasteiger partial charge < -0.3 is 19.7 Å². The van der Waals surface area contributed by atoms with Crippen LogP contribution in [-0.4, -0.2) is 50.1 Å². The number of carbonyl (C=O) groups excluding carboxylic acids is 3. The summed E-state index contributed by atoms with van der Waals surface area (Å²) in [6.07, 6.45) is 0. The SMILES string of the molecule is CCN(C(=O)CN1C(=O)NC(C)(c2ccc(OC)c(OC)c2)C1=O)c1ccccc1. The molecular weight excluding hydrogens is 386 g/mol. The number of hydrogen-bond acceptors (Lipinski definition) is 5. The zero-order valence-electron chi connectivity index (χ0n) is 17.5. The molecule has 1 unspecified atom stereocenters. The number of para-hydroxylation sites is 1. The van der Waals surface area contributed by atoms with E-state index in [1.165, 1.54) is 19.1 Å². The summed E-state index contributed by atoms with van der Waals surface area (Å²) in [5, 5.41) is 2.71. The first-order chi connectivity index (χ1) is 14.3. The van der Waals surface area contributed by atoms with Crippen molar-refractivity contribution in [2.75, 3.05) is 32.2 Å². The van der Waals surface area contributed by atoms with Crippen molar-refractivity contribution in [2.24, 2.45) is 0 Å². The van der Waals surface area contributed by atoms with Gasteiger partial charge in [0.15, 0.2) is 11.5 Å². The van der Waals surface area contributed by atoms with E-state index >= 15 is 0 Å². The average Bonchev–Trinajstić information content (AvgIpc) is 2.98. The summed E-state index contributed by atoms with van der Waals surface area (Å²) >= 11 is 0. The Balaban J connectivity index is 1.84. The number of ether oxygens (including phenoxy) is 2. The summed E-state index contributed by atoms with van der Waals surface area (Å²) < 4.78 is 10.5. The van der Waals surface area contributed by atoms with Crippen molar-refractivity contribution >= 4 is 23.5 Å². The van der Waals surface area contributed by atoms with E-state index < -0.39 is 17.5 Å². The quantitative estimate of drug-likeness (QED) is 0.708. The number of benzene rings is 2. The molecule has 1 saturated heterocycles. The van der Waals surface area contributed by atoms with Crippen LogP contribution in [0, 0.1) is 0 Å². The first-order valence-corrected chi connectivity index (χ1v) is 9.57. The minimum atomic E-state index is -1.32. The molecule has 2 aromatic carbocycles. The number of carbonyl (C=O) groups is 3. The molecule has 30 heavy (non-hydrogen) atoms. The van der Waals surface area contributed by atoms with E-state index in [1.807, 2.05) is 25.1 Å². The van der Waals surface area contributed by atoms with E-state index in [1.54, 1.807) is 37.3 Å². The fourth-order valence-electron chi connectivity index (χ4n) is 3.51. The standard InChI is InChI=1S/C22H25N3O5/c1-5-24(16-9-7-6-8-10-16)19(26)14-25-20(27)22(2,23-21(25)28)15-11-12-17(29-3)18(13-15)30-4/h6-13H,5,14H2,1-4H3,(H,23,28). The summed E-state index contributed by atoms with van der Waals surface area (Å²) in [5.74, 6) is 0.102. The van der Waals surface area contributed by atoms with Crippen LogP contribution in [-0.2, 0) is 15.1 Å². The molecule has 1 atom stereocenters. The molecular formula is C22H25N3O5. The molecule has 4 amide bonds. The van der Waals surface area contributed by atoms with Crippen LogP contribution in [0.15, 0.2) is 48.5 Å². The summed E-state index contributed by atoms with van der Waals surface area (Å²) in [4.78, 5) is 41.1. The molecule has 8 nitrogen and oxygen atoms in total. The van der Waals surface area contributed by atoms with Crippen molar-refractivity contribution in [3.8, 4) is 11.5 Å². The van der Waals surface area contributed by atoms with Crippen molar-refractivity contribution < 1.29 is 23.9 Å². The molecule has 1 N–H and O–H groups in total. The van der Waals surface area contributed by atoms with E-state index in [2.05, 4.69) is 5.32 Å². The van der Waals surface area contributed by atoms with Crippen molar-refractivity contribution in [1.29, 1.82) is 0 Å². The van der Waals surface area contributed by atoms with Gasteiger partial charge in [0, 0.05) is 12.2 Å². The van der Waals surface area contributed by atoms with Gasteiger partial charge in [-0.1, -0.05) is 24.3 Å². The lowest BCUT2D eigenvalue weighted by atomic mass is 9.91. The molecule has 0 bridgehead atoms. The topological polar surface area (TPSA) is 88.2 Å². The largest absolute Gasteiger partial charge is 0.493 e. The number of imide groups is 1. The Labute approximate surface area is 175 Å². The number of urea groups is 1. The van der Waals surface area contributed by atoms with Crippen LogP contribution in [0.4, 0.5) is 10.5 Å². The number of nitrogens with zero attached hydrogens (tertiary/aromatic N) is 2. The predicted molar refractivity (Wildman–Crippen MR) is 112 cm³/mol. The Kier molecular flexibility index (Phi) is 5.96. The number of amides is 4. The van der Waals surface area contributed by atoms with E-state index in [-0.39, 0.29) is 12.5 Å². The third-order valence-electron chi connectivity index (χ3n) is 5.21. The first-order valence-electron chi connectivity index (χ1n) is 9.57. The normalized spacial score (nSPS) is 18.2. The highest BCUT2D eigenvalue weighted by Crippen LogP contribution is 2.35. The molecule has 8 heteroatoms. The lowest BCUT2D eigenvalue weighted by Gasteiger charge is -2.25. The number of hydrogen-bond donors (Lipinski definition) is 1. The Morgan fingerprint density at radius 2 is 1.73 bits per heavy atom. The van der Waals surface area contributed by atoms with Gasteiger partial charge in [0.1, 0.15) is 12.1 Å². The van der Waals surface area contributed by atoms with Crippen molar-refractivity contribution in [3.05, 3.63) is 54.1 Å². The summed E-state index contributed by atoms with van der Waals surface area (Å²) in [6.45, 7) is 3.51. The highest BCUT2D eigenvalue weighted by molar-refractivity contribution is 6.10. The van der Waals surface area contributed by atoms with Crippen LogP contribution in [0.2, 0.25) is 0 Å². The van der Waals surface area contributed by atoms with Gasteiger partial charge in [0.25, 0.3) is 5.91 Å². The molecule has 1 fully saturated rings. The molecule has 0 saturated carbocycles. The number of likely N-dealkylation sites (N-methyl/N-ethyl adjacent to an activating group) is 1. The highest BCUT2D eigenvalue weighted by Gasteiger charge is 2.50. The zero-order chi connectivity index (χ0) is 21.9. The van der Waals surface area contributed by atoms with Crippen molar-refractivity contribution in [1.82, 2.24) is 10.2 Å². The van der Waals surface area contributed by atoms with E-state index in [9.17, 15) is 14.4 Å². The molecule has 0 aliphatic carbocycles. The van der Waals surface area contributed by atoms with E-state index in [4.69, 9.17) is 9.47 Å². The lowest BCUT2D eigenvalue weighted by molar-refractivity contribution is -0.134. The number of anilines is 1. The van der Waals surface area contributed by atoms with Crippen molar-refractivity contribution in [3.63, 3.8) is 0 Å². The van der Waals surface area contributed by atoms with Gasteiger partial charge in [-0.3, -0.25) is 14.5 Å². The summed E-state index contributed by atoms with van der Waals surface area (Å²) in [5.41, 5.74) is -0.0793.